The molecule has 1 heterocycles. The number of urea groups is 1. The number of likely N-dealkylation sites (tertiary alicyclic amines) is 1. The average molecular weight is 394 g/mol. The number of rotatable bonds is 2. The van der Waals surface area contributed by atoms with Gasteiger partial charge < -0.3 is 15.1 Å². The van der Waals surface area contributed by atoms with E-state index < -0.39 is 0 Å². The second kappa shape index (κ2) is 6.23. The largest absolute Gasteiger partial charge is 0.331 e. The van der Waals surface area contributed by atoms with Crippen LogP contribution in [0.4, 0.5) is 4.79 Å². The number of hydrogen-bond donors (Lipinski definition) is 1. The van der Waals surface area contributed by atoms with Crippen LogP contribution in [0, 0.1) is 17.3 Å². The zero-order chi connectivity index (χ0) is 19.8. The van der Waals surface area contributed by atoms with Gasteiger partial charge in [0.1, 0.15) is 0 Å². The topological polar surface area (TPSA) is 35.6 Å². The first-order valence-electron chi connectivity index (χ1n) is 11.8. The van der Waals surface area contributed by atoms with Gasteiger partial charge in [-0.05, 0) is 98.2 Å². The van der Waals surface area contributed by atoms with Gasteiger partial charge in [0.05, 0.1) is 6.04 Å². The van der Waals surface area contributed by atoms with E-state index in [0.29, 0.717) is 5.41 Å². The van der Waals surface area contributed by atoms with Crippen LogP contribution in [-0.4, -0.2) is 49.1 Å². The molecule has 2 amide bonds. The van der Waals surface area contributed by atoms with E-state index in [1.54, 1.807) is 11.3 Å². The summed E-state index contributed by atoms with van der Waals surface area (Å²) in [5.74, 6) is 2.14. The van der Waals surface area contributed by atoms with E-state index in [-0.39, 0.29) is 12.1 Å². The third-order valence-electron chi connectivity index (χ3n) is 9.64. The summed E-state index contributed by atoms with van der Waals surface area (Å²) < 4.78 is 0. The molecule has 0 radical (unpaired) electrons. The van der Waals surface area contributed by atoms with Gasteiger partial charge in [-0.2, -0.15) is 0 Å². The molecule has 1 aliphatic heterocycles. The number of hydrogen-bond acceptors (Lipinski definition) is 2. The van der Waals surface area contributed by atoms with Crippen LogP contribution >= 0.6 is 0 Å². The third kappa shape index (κ3) is 2.57. The Morgan fingerprint density at radius 1 is 1.07 bits per heavy atom. The molecule has 3 saturated carbocycles. The first kappa shape index (κ1) is 18.2. The Balaban J connectivity index is 1.18. The lowest BCUT2D eigenvalue weighted by atomic mass is 9.61. The normalized spacial score (nSPS) is 39.1. The minimum atomic E-state index is 0.0180. The Hall–Kier alpha value is -1.55. The molecule has 2 unspecified atom stereocenters. The Morgan fingerprint density at radius 3 is 2.59 bits per heavy atom. The van der Waals surface area contributed by atoms with Crippen LogP contribution in [0.3, 0.4) is 0 Å². The fraction of sp³-hybridized carbons (Fsp3) is 0.720. The second-order valence-electron chi connectivity index (χ2n) is 10.9. The van der Waals surface area contributed by atoms with Gasteiger partial charge in [0, 0.05) is 20.1 Å². The van der Waals surface area contributed by atoms with Crippen molar-refractivity contribution in [3.8, 4) is 0 Å². The fourth-order valence-corrected chi connectivity index (χ4v) is 7.87. The first-order chi connectivity index (χ1) is 14.0. The number of fused-ring (bicyclic) bond motifs is 2. The van der Waals surface area contributed by atoms with Crippen LogP contribution in [0.15, 0.2) is 24.3 Å². The van der Waals surface area contributed by atoms with E-state index in [4.69, 9.17) is 0 Å². The number of benzene rings is 1. The van der Waals surface area contributed by atoms with Crippen molar-refractivity contribution in [1.82, 2.24) is 15.1 Å². The summed E-state index contributed by atoms with van der Waals surface area (Å²) in [6.07, 6.45) is 10.9. The Morgan fingerprint density at radius 2 is 1.86 bits per heavy atom. The molecule has 29 heavy (non-hydrogen) atoms. The van der Waals surface area contributed by atoms with Crippen LogP contribution in [0.25, 0.3) is 0 Å². The van der Waals surface area contributed by atoms with Crippen LogP contribution in [0.2, 0.25) is 0 Å². The number of nitrogens with zero attached hydrogens (tertiary/aromatic N) is 2. The zero-order valence-corrected chi connectivity index (χ0v) is 18.0. The van der Waals surface area contributed by atoms with Gasteiger partial charge in [0.2, 0.25) is 0 Å². The number of piperidine rings is 1. The molecule has 6 rings (SSSR count). The summed E-state index contributed by atoms with van der Waals surface area (Å²) in [6.45, 7) is 2.54. The second-order valence-corrected chi connectivity index (χ2v) is 10.9. The van der Waals surface area contributed by atoms with Crippen molar-refractivity contribution in [2.45, 2.75) is 68.9 Å². The first-order valence-corrected chi connectivity index (χ1v) is 11.8. The Kier molecular flexibility index (Phi) is 3.92. The van der Waals surface area contributed by atoms with Crippen molar-refractivity contribution in [2.24, 2.45) is 17.3 Å². The van der Waals surface area contributed by atoms with E-state index in [9.17, 15) is 4.79 Å². The lowest BCUT2D eigenvalue weighted by Crippen LogP contribution is -2.57. The predicted molar refractivity (Wildman–Crippen MR) is 115 cm³/mol. The average Bonchev–Trinajstić information content (AvgIpc) is 3.39. The van der Waals surface area contributed by atoms with Gasteiger partial charge in [0.15, 0.2) is 0 Å². The lowest BCUT2D eigenvalue weighted by molar-refractivity contribution is -0.0275. The van der Waals surface area contributed by atoms with Crippen molar-refractivity contribution in [1.29, 1.82) is 0 Å². The van der Waals surface area contributed by atoms with Crippen molar-refractivity contribution in [3.05, 3.63) is 35.4 Å². The minimum absolute atomic E-state index is 0.0180. The lowest BCUT2D eigenvalue weighted by Gasteiger charge is -2.54. The van der Waals surface area contributed by atoms with E-state index >= 15 is 0 Å². The zero-order valence-electron chi connectivity index (χ0n) is 18.0. The van der Waals surface area contributed by atoms with Gasteiger partial charge in [-0.1, -0.05) is 24.3 Å². The molecule has 4 nitrogen and oxygen atoms in total. The maximum absolute atomic E-state index is 12.3. The summed E-state index contributed by atoms with van der Waals surface area (Å²) in [6, 6.07) is 10.0. The molecule has 1 aromatic carbocycles. The van der Waals surface area contributed by atoms with Crippen molar-refractivity contribution >= 4 is 6.03 Å². The molecule has 4 aliphatic carbocycles. The quantitative estimate of drug-likeness (QED) is 0.812. The third-order valence-corrected chi connectivity index (χ3v) is 9.64. The van der Waals surface area contributed by atoms with Crippen LogP contribution in [-0.2, 0) is 5.41 Å². The molecule has 4 heteroatoms. The van der Waals surface area contributed by atoms with Crippen molar-refractivity contribution in [3.63, 3.8) is 0 Å². The predicted octanol–water partition coefficient (Wildman–Crippen LogP) is 4.31. The van der Waals surface area contributed by atoms with Gasteiger partial charge in [0.25, 0.3) is 0 Å². The highest BCUT2D eigenvalue weighted by atomic mass is 16.2. The molecule has 156 valence electrons. The summed E-state index contributed by atoms with van der Waals surface area (Å²) in [4.78, 5) is 16.8. The Labute approximate surface area is 175 Å². The summed E-state index contributed by atoms with van der Waals surface area (Å²) in [7, 11) is 3.64. The van der Waals surface area contributed by atoms with Gasteiger partial charge in [-0.15, -0.1) is 0 Å². The minimum Gasteiger partial charge on any atom is -0.331 e. The molecule has 1 aromatic rings. The number of amides is 2. The highest BCUT2D eigenvalue weighted by Crippen LogP contribution is 2.76. The summed E-state index contributed by atoms with van der Waals surface area (Å²) in [5.41, 5.74) is 4.03. The van der Waals surface area contributed by atoms with Crippen LogP contribution < -0.4 is 5.32 Å². The standard InChI is InChI=1S/C25H35N3O/c1-27(2)23(29)26-21-9-10-24(19-6-4-3-5-18(19)21)11-13-28(14-12-24)22-16-25-15-17(25)7-8-20(22)25/h3-6,17,20-22H,7-16H2,1-2H3,(H,26,29)/t17-,20?,21+,22-,25?/m1/s1. The van der Waals surface area contributed by atoms with Crippen molar-refractivity contribution < 1.29 is 4.79 Å². The maximum atomic E-state index is 12.3. The van der Waals surface area contributed by atoms with Crippen molar-refractivity contribution in [2.75, 3.05) is 27.2 Å². The highest BCUT2D eigenvalue weighted by molar-refractivity contribution is 5.74. The van der Waals surface area contributed by atoms with E-state index in [0.717, 1.165) is 29.7 Å². The molecule has 1 N–H and O–H groups in total. The van der Waals surface area contributed by atoms with Gasteiger partial charge in [-0.3, -0.25) is 0 Å². The fourth-order valence-electron chi connectivity index (χ4n) is 7.87. The number of nitrogens with one attached hydrogen (secondary N) is 1. The van der Waals surface area contributed by atoms with Crippen LogP contribution in [0.1, 0.15) is 68.5 Å². The van der Waals surface area contributed by atoms with E-state index in [1.165, 1.54) is 62.7 Å². The molecule has 0 aromatic heterocycles. The number of carbonyl (C=O) groups is 1. The highest BCUT2D eigenvalue weighted by Gasteiger charge is 2.71. The molecule has 5 aliphatic rings. The van der Waals surface area contributed by atoms with Gasteiger partial charge in [-0.25, -0.2) is 4.79 Å². The van der Waals surface area contributed by atoms with Crippen LogP contribution in [0.5, 0.6) is 0 Å². The molecular weight excluding hydrogens is 358 g/mol. The summed E-state index contributed by atoms with van der Waals surface area (Å²) in [5, 5.41) is 3.25. The smallest absolute Gasteiger partial charge is 0.317 e. The van der Waals surface area contributed by atoms with E-state index in [1.807, 2.05) is 14.1 Å². The molecule has 5 atom stereocenters. The summed E-state index contributed by atoms with van der Waals surface area (Å²) >= 11 is 0. The molecular formula is C25H35N3O. The number of carbonyl (C=O) groups excluding carboxylic acids is 1. The Bertz CT molecular complexity index is 825. The van der Waals surface area contributed by atoms with E-state index in [2.05, 4.69) is 34.5 Å². The monoisotopic (exact) mass is 393 g/mol. The molecule has 1 saturated heterocycles. The SMILES string of the molecule is CN(C)C(=O)N[C@H]1CCC2(CCN([C@@H]3CC45C[C@H]4CCC35)CC2)c2ccccc21. The maximum Gasteiger partial charge on any atom is 0.317 e. The van der Waals surface area contributed by atoms with Gasteiger partial charge >= 0.3 is 6.03 Å². The molecule has 0 bridgehead atoms. The molecule has 2 spiro atoms. The molecule has 4 fully saturated rings.